The average Bonchev–Trinajstić information content (AvgIpc) is 3.03. The van der Waals surface area contributed by atoms with Gasteiger partial charge >= 0.3 is 6.18 Å². The predicted octanol–water partition coefficient (Wildman–Crippen LogP) is 4.71. The maximum atomic E-state index is 13.4. The molecule has 1 N–H and O–H groups in total. The van der Waals surface area contributed by atoms with Gasteiger partial charge in [-0.05, 0) is 55.8 Å². The molecule has 1 heterocycles. The third-order valence-corrected chi connectivity index (χ3v) is 5.24. The van der Waals surface area contributed by atoms with E-state index in [1.807, 2.05) is 6.92 Å². The quantitative estimate of drug-likeness (QED) is 0.707. The maximum absolute atomic E-state index is 13.4. The van der Waals surface area contributed by atoms with E-state index in [1.165, 1.54) is 32.2 Å². The molecule has 0 fully saturated rings. The SMILES string of the molecule is COc1ccc(C(=O)N2N=C(C)C[C@@]2(O)C(F)(F)F)cc1COc1ccc(Cl)c(C)c1. The van der Waals surface area contributed by atoms with Crippen molar-refractivity contribution in [1.29, 1.82) is 0 Å². The highest BCUT2D eigenvalue weighted by molar-refractivity contribution is 6.31. The Hall–Kier alpha value is -2.78. The molecule has 0 aromatic heterocycles. The molecule has 0 radical (unpaired) electrons. The first kappa shape index (κ1) is 22.9. The predicted molar refractivity (Wildman–Crippen MR) is 108 cm³/mol. The van der Waals surface area contributed by atoms with Crippen LogP contribution in [0.3, 0.4) is 0 Å². The molecule has 0 unspecified atom stereocenters. The molecule has 166 valence electrons. The monoisotopic (exact) mass is 456 g/mol. The zero-order chi connectivity index (χ0) is 23.0. The van der Waals surface area contributed by atoms with E-state index in [1.54, 1.807) is 18.2 Å². The fourth-order valence-electron chi connectivity index (χ4n) is 3.17. The van der Waals surface area contributed by atoms with E-state index < -0.39 is 24.2 Å². The second-order valence-corrected chi connectivity index (χ2v) is 7.58. The first-order valence-corrected chi connectivity index (χ1v) is 9.57. The maximum Gasteiger partial charge on any atom is 0.438 e. The third kappa shape index (κ3) is 4.47. The summed E-state index contributed by atoms with van der Waals surface area (Å²) in [6, 6.07) is 9.17. The Morgan fingerprint density at radius 2 is 1.97 bits per heavy atom. The second-order valence-electron chi connectivity index (χ2n) is 7.17. The van der Waals surface area contributed by atoms with E-state index in [-0.39, 0.29) is 22.9 Å². The van der Waals surface area contributed by atoms with Crippen molar-refractivity contribution in [2.75, 3.05) is 7.11 Å². The van der Waals surface area contributed by atoms with E-state index in [2.05, 4.69) is 5.10 Å². The molecule has 0 aliphatic carbocycles. The molecule has 1 amide bonds. The molecular weight excluding hydrogens is 437 g/mol. The first-order chi connectivity index (χ1) is 14.5. The van der Waals surface area contributed by atoms with Crippen LogP contribution in [0.2, 0.25) is 5.02 Å². The van der Waals surface area contributed by atoms with Gasteiger partial charge in [-0.1, -0.05) is 11.6 Å². The summed E-state index contributed by atoms with van der Waals surface area (Å²) >= 11 is 6.00. The molecule has 6 nitrogen and oxygen atoms in total. The number of hydrogen-bond acceptors (Lipinski definition) is 5. The van der Waals surface area contributed by atoms with Crippen LogP contribution in [0.25, 0.3) is 0 Å². The van der Waals surface area contributed by atoms with Crippen molar-refractivity contribution in [3.8, 4) is 11.5 Å². The number of aliphatic hydroxyl groups is 1. The van der Waals surface area contributed by atoms with Gasteiger partial charge in [0.25, 0.3) is 11.6 Å². The van der Waals surface area contributed by atoms with E-state index >= 15 is 0 Å². The van der Waals surface area contributed by atoms with Gasteiger partial charge in [0, 0.05) is 28.3 Å². The molecule has 2 aromatic rings. The highest BCUT2D eigenvalue weighted by Crippen LogP contribution is 2.41. The zero-order valence-corrected chi connectivity index (χ0v) is 17.7. The normalized spacial score (nSPS) is 18.7. The van der Waals surface area contributed by atoms with Crippen LogP contribution in [-0.4, -0.2) is 40.7 Å². The van der Waals surface area contributed by atoms with Gasteiger partial charge < -0.3 is 14.6 Å². The molecule has 1 atom stereocenters. The van der Waals surface area contributed by atoms with Gasteiger partial charge in [0.2, 0.25) is 0 Å². The lowest BCUT2D eigenvalue weighted by Crippen LogP contribution is -2.56. The number of hydrogen-bond donors (Lipinski definition) is 1. The van der Waals surface area contributed by atoms with Crippen molar-refractivity contribution < 1.29 is 32.5 Å². The van der Waals surface area contributed by atoms with Crippen LogP contribution < -0.4 is 9.47 Å². The number of carbonyl (C=O) groups is 1. The van der Waals surface area contributed by atoms with E-state index in [9.17, 15) is 23.1 Å². The smallest absolute Gasteiger partial charge is 0.438 e. The first-order valence-electron chi connectivity index (χ1n) is 9.20. The van der Waals surface area contributed by atoms with Crippen molar-refractivity contribution in [3.05, 3.63) is 58.1 Å². The summed E-state index contributed by atoms with van der Waals surface area (Å²) in [5, 5.41) is 14.4. The minimum absolute atomic E-state index is 0.0108. The van der Waals surface area contributed by atoms with Gasteiger partial charge in [0.1, 0.15) is 18.1 Å². The fourth-order valence-corrected chi connectivity index (χ4v) is 3.29. The number of amides is 1. The molecule has 0 saturated heterocycles. The number of nitrogens with zero attached hydrogens (tertiary/aromatic N) is 2. The molecule has 3 rings (SSSR count). The number of halogens is 4. The summed E-state index contributed by atoms with van der Waals surface area (Å²) < 4.78 is 51.3. The second kappa shape index (κ2) is 8.39. The van der Waals surface area contributed by atoms with Crippen LogP contribution >= 0.6 is 11.6 Å². The molecule has 2 aromatic carbocycles. The third-order valence-electron chi connectivity index (χ3n) is 4.82. The summed E-state index contributed by atoms with van der Waals surface area (Å²) in [4.78, 5) is 12.8. The fraction of sp³-hybridized carbons (Fsp3) is 0.333. The van der Waals surface area contributed by atoms with Gasteiger partial charge in [0.05, 0.1) is 7.11 Å². The highest BCUT2D eigenvalue weighted by Gasteiger charge is 2.62. The van der Waals surface area contributed by atoms with Crippen LogP contribution in [-0.2, 0) is 6.61 Å². The number of alkyl halides is 3. The number of hydrazone groups is 1. The molecule has 10 heteroatoms. The minimum Gasteiger partial charge on any atom is -0.496 e. The van der Waals surface area contributed by atoms with Crippen LogP contribution in [0, 0.1) is 6.92 Å². The number of methoxy groups -OCH3 is 1. The average molecular weight is 457 g/mol. The summed E-state index contributed by atoms with van der Waals surface area (Å²) in [7, 11) is 1.42. The van der Waals surface area contributed by atoms with Gasteiger partial charge in [-0.3, -0.25) is 4.79 Å². The summed E-state index contributed by atoms with van der Waals surface area (Å²) in [5.74, 6) is -0.191. The van der Waals surface area contributed by atoms with Gasteiger partial charge in [-0.25, -0.2) is 0 Å². The Balaban J connectivity index is 1.88. The van der Waals surface area contributed by atoms with Crippen LogP contribution in [0.4, 0.5) is 13.2 Å². The summed E-state index contributed by atoms with van der Waals surface area (Å²) in [6.07, 6.45) is -5.89. The van der Waals surface area contributed by atoms with Crippen LogP contribution in [0.1, 0.15) is 34.8 Å². The largest absolute Gasteiger partial charge is 0.496 e. The van der Waals surface area contributed by atoms with E-state index in [4.69, 9.17) is 21.1 Å². The van der Waals surface area contributed by atoms with E-state index in [0.717, 1.165) is 5.56 Å². The molecule has 0 saturated carbocycles. The van der Waals surface area contributed by atoms with Crippen LogP contribution in [0.5, 0.6) is 11.5 Å². The molecule has 1 aliphatic heterocycles. The van der Waals surface area contributed by atoms with Crippen molar-refractivity contribution in [2.45, 2.75) is 38.8 Å². The van der Waals surface area contributed by atoms with E-state index in [0.29, 0.717) is 22.1 Å². The van der Waals surface area contributed by atoms with Crippen molar-refractivity contribution in [3.63, 3.8) is 0 Å². The number of carbonyl (C=O) groups excluding carboxylic acids is 1. The molecular formula is C21H20ClF3N2O4. The molecule has 31 heavy (non-hydrogen) atoms. The Bertz CT molecular complexity index is 1040. The Labute approximate surface area is 181 Å². The summed E-state index contributed by atoms with van der Waals surface area (Å²) in [5.41, 5.74) is -2.28. The number of benzene rings is 2. The van der Waals surface area contributed by atoms with Gasteiger partial charge in [-0.15, -0.1) is 0 Å². The number of rotatable bonds is 5. The molecule has 0 spiro atoms. The summed E-state index contributed by atoms with van der Waals surface area (Å²) in [6.45, 7) is 3.11. The van der Waals surface area contributed by atoms with Crippen molar-refractivity contribution in [2.24, 2.45) is 5.10 Å². The van der Waals surface area contributed by atoms with Gasteiger partial charge in [-0.2, -0.15) is 23.3 Å². The molecule has 0 bridgehead atoms. The van der Waals surface area contributed by atoms with Crippen molar-refractivity contribution in [1.82, 2.24) is 5.01 Å². The minimum atomic E-state index is -5.07. The van der Waals surface area contributed by atoms with Crippen LogP contribution in [0.15, 0.2) is 41.5 Å². The Kier molecular flexibility index (Phi) is 6.20. The van der Waals surface area contributed by atoms with Gasteiger partial charge in [0.15, 0.2) is 0 Å². The molecule has 1 aliphatic rings. The Morgan fingerprint density at radius 1 is 1.26 bits per heavy atom. The lowest BCUT2D eigenvalue weighted by atomic mass is 10.0. The topological polar surface area (TPSA) is 71.4 Å². The Morgan fingerprint density at radius 3 is 2.58 bits per heavy atom. The zero-order valence-electron chi connectivity index (χ0n) is 17.0. The number of ether oxygens (including phenoxy) is 2. The lowest BCUT2D eigenvalue weighted by Gasteiger charge is -2.32. The standard InChI is InChI=1S/C21H20ClF3N2O4/c1-12-8-16(5-6-17(12)22)31-11-15-9-14(4-7-18(15)30-3)19(28)27-20(29,21(23,24)25)10-13(2)26-27/h4-9,29H,10-11H2,1-3H3/t20-/m1/s1. The highest BCUT2D eigenvalue weighted by atomic mass is 35.5. The van der Waals surface area contributed by atoms with Crippen molar-refractivity contribution >= 4 is 23.2 Å². The number of aryl methyl sites for hydroxylation is 1. The lowest BCUT2D eigenvalue weighted by molar-refractivity contribution is -0.297.